The Morgan fingerprint density at radius 2 is 2.06 bits per heavy atom. The SMILES string of the molecule is CCC1CCCN(S(=O)(=O)C2CCNC2)CC1. The van der Waals surface area contributed by atoms with E-state index in [9.17, 15) is 8.42 Å². The van der Waals surface area contributed by atoms with Crippen molar-refractivity contribution in [2.24, 2.45) is 5.92 Å². The number of nitrogens with zero attached hydrogens (tertiary/aromatic N) is 1. The Bertz CT molecular complexity index is 336. The van der Waals surface area contributed by atoms with Crippen LogP contribution in [0, 0.1) is 5.92 Å². The molecule has 17 heavy (non-hydrogen) atoms. The van der Waals surface area contributed by atoms with E-state index in [4.69, 9.17) is 0 Å². The van der Waals surface area contributed by atoms with Crippen LogP contribution in [0.3, 0.4) is 0 Å². The van der Waals surface area contributed by atoms with Crippen LogP contribution in [0.25, 0.3) is 0 Å². The van der Waals surface area contributed by atoms with Gasteiger partial charge in [-0.15, -0.1) is 0 Å². The molecule has 2 unspecified atom stereocenters. The van der Waals surface area contributed by atoms with Gasteiger partial charge in [0.25, 0.3) is 0 Å². The molecule has 0 bridgehead atoms. The lowest BCUT2D eigenvalue weighted by Gasteiger charge is -2.23. The van der Waals surface area contributed by atoms with Crippen LogP contribution in [0.4, 0.5) is 0 Å². The smallest absolute Gasteiger partial charge is 0.218 e. The second-order valence-corrected chi connectivity index (χ2v) is 7.48. The van der Waals surface area contributed by atoms with Crippen LogP contribution in [-0.4, -0.2) is 44.2 Å². The van der Waals surface area contributed by atoms with Gasteiger partial charge >= 0.3 is 0 Å². The third-order valence-electron chi connectivity index (χ3n) is 4.18. The van der Waals surface area contributed by atoms with Crippen molar-refractivity contribution in [2.45, 2.75) is 44.3 Å². The third-order valence-corrected chi connectivity index (χ3v) is 6.51. The topological polar surface area (TPSA) is 49.4 Å². The van der Waals surface area contributed by atoms with Crippen molar-refractivity contribution in [3.63, 3.8) is 0 Å². The van der Waals surface area contributed by atoms with Crippen molar-refractivity contribution in [3.8, 4) is 0 Å². The first-order chi connectivity index (χ1) is 8.14. The molecule has 5 heteroatoms. The predicted octanol–water partition coefficient (Wildman–Crippen LogP) is 1.19. The molecule has 2 aliphatic heterocycles. The largest absolute Gasteiger partial charge is 0.315 e. The molecular weight excluding hydrogens is 236 g/mol. The maximum atomic E-state index is 12.4. The summed E-state index contributed by atoms with van der Waals surface area (Å²) >= 11 is 0. The zero-order valence-corrected chi connectivity index (χ0v) is 11.5. The summed E-state index contributed by atoms with van der Waals surface area (Å²) < 4.78 is 26.6. The van der Waals surface area contributed by atoms with Crippen LogP contribution in [0.2, 0.25) is 0 Å². The summed E-state index contributed by atoms with van der Waals surface area (Å²) in [5.41, 5.74) is 0. The van der Waals surface area contributed by atoms with Gasteiger partial charge in [-0.1, -0.05) is 13.3 Å². The molecule has 2 aliphatic rings. The Labute approximate surface area is 105 Å². The molecule has 2 saturated heterocycles. The quantitative estimate of drug-likeness (QED) is 0.829. The van der Waals surface area contributed by atoms with Crippen molar-refractivity contribution >= 4 is 10.0 Å². The lowest BCUT2D eigenvalue weighted by atomic mass is 9.98. The number of hydrogen-bond donors (Lipinski definition) is 1. The van der Waals surface area contributed by atoms with E-state index in [1.165, 1.54) is 12.8 Å². The minimum atomic E-state index is -3.05. The van der Waals surface area contributed by atoms with Crippen LogP contribution in [0.15, 0.2) is 0 Å². The van der Waals surface area contributed by atoms with Gasteiger partial charge in [-0.3, -0.25) is 0 Å². The molecule has 2 atom stereocenters. The molecular formula is C12H24N2O2S. The monoisotopic (exact) mass is 260 g/mol. The van der Waals surface area contributed by atoms with Crippen molar-refractivity contribution < 1.29 is 8.42 Å². The molecule has 0 aromatic rings. The van der Waals surface area contributed by atoms with Crippen LogP contribution >= 0.6 is 0 Å². The highest BCUT2D eigenvalue weighted by Gasteiger charge is 2.34. The first kappa shape index (κ1) is 13.3. The van der Waals surface area contributed by atoms with Crippen molar-refractivity contribution in [2.75, 3.05) is 26.2 Å². The summed E-state index contributed by atoms with van der Waals surface area (Å²) in [6.07, 6.45) is 5.20. The average molecular weight is 260 g/mol. The molecule has 2 heterocycles. The standard InChI is InChI=1S/C12H24N2O2S/c1-2-11-4-3-8-14(9-6-11)17(15,16)12-5-7-13-10-12/h11-13H,2-10H2,1H3. The van der Waals surface area contributed by atoms with E-state index < -0.39 is 10.0 Å². The van der Waals surface area contributed by atoms with E-state index in [2.05, 4.69) is 12.2 Å². The van der Waals surface area contributed by atoms with Crippen molar-refractivity contribution in [1.29, 1.82) is 0 Å². The molecule has 4 nitrogen and oxygen atoms in total. The number of hydrogen-bond acceptors (Lipinski definition) is 3. The second-order valence-electron chi connectivity index (χ2n) is 5.26. The lowest BCUT2D eigenvalue weighted by Crippen LogP contribution is -2.40. The van der Waals surface area contributed by atoms with E-state index in [0.717, 1.165) is 44.8 Å². The number of sulfonamides is 1. The van der Waals surface area contributed by atoms with Crippen molar-refractivity contribution in [1.82, 2.24) is 9.62 Å². The minimum Gasteiger partial charge on any atom is -0.315 e. The van der Waals surface area contributed by atoms with Gasteiger partial charge in [0.2, 0.25) is 10.0 Å². The highest BCUT2D eigenvalue weighted by Crippen LogP contribution is 2.24. The van der Waals surface area contributed by atoms with Gasteiger partial charge in [-0.05, 0) is 38.1 Å². The molecule has 0 aliphatic carbocycles. The molecule has 0 amide bonds. The van der Waals surface area contributed by atoms with Crippen LogP contribution < -0.4 is 5.32 Å². The van der Waals surface area contributed by atoms with Crippen LogP contribution in [0.5, 0.6) is 0 Å². The molecule has 2 fully saturated rings. The fraction of sp³-hybridized carbons (Fsp3) is 1.00. The van der Waals surface area contributed by atoms with Gasteiger partial charge in [0, 0.05) is 19.6 Å². The Morgan fingerprint density at radius 1 is 1.24 bits per heavy atom. The van der Waals surface area contributed by atoms with Gasteiger partial charge in [0.15, 0.2) is 0 Å². The van der Waals surface area contributed by atoms with Gasteiger partial charge in [0.1, 0.15) is 0 Å². The third kappa shape index (κ3) is 3.01. The van der Waals surface area contributed by atoms with Gasteiger partial charge in [-0.2, -0.15) is 0 Å². The highest BCUT2D eigenvalue weighted by atomic mass is 32.2. The summed E-state index contributed by atoms with van der Waals surface area (Å²) in [4.78, 5) is 0. The summed E-state index contributed by atoms with van der Waals surface area (Å²) in [6.45, 7) is 5.15. The number of rotatable bonds is 3. The zero-order valence-electron chi connectivity index (χ0n) is 10.7. The summed E-state index contributed by atoms with van der Waals surface area (Å²) in [7, 11) is -3.05. The van der Waals surface area contributed by atoms with E-state index in [-0.39, 0.29) is 5.25 Å². The first-order valence-electron chi connectivity index (χ1n) is 6.84. The van der Waals surface area contributed by atoms with E-state index in [1.54, 1.807) is 4.31 Å². The van der Waals surface area contributed by atoms with Crippen LogP contribution in [-0.2, 0) is 10.0 Å². The molecule has 1 N–H and O–H groups in total. The average Bonchev–Trinajstić information content (AvgIpc) is 2.74. The second kappa shape index (κ2) is 5.67. The van der Waals surface area contributed by atoms with E-state index in [1.807, 2.05) is 0 Å². The summed E-state index contributed by atoms with van der Waals surface area (Å²) in [5, 5.41) is 2.97. The molecule has 0 radical (unpaired) electrons. The molecule has 0 saturated carbocycles. The van der Waals surface area contributed by atoms with Gasteiger partial charge < -0.3 is 5.32 Å². The minimum absolute atomic E-state index is 0.180. The van der Waals surface area contributed by atoms with E-state index >= 15 is 0 Å². The van der Waals surface area contributed by atoms with Gasteiger partial charge in [-0.25, -0.2) is 12.7 Å². The maximum absolute atomic E-state index is 12.4. The predicted molar refractivity (Wildman–Crippen MR) is 69.4 cm³/mol. The molecule has 0 aromatic carbocycles. The highest BCUT2D eigenvalue weighted by molar-refractivity contribution is 7.89. The zero-order chi connectivity index (χ0) is 12.3. The lowest BCUT2D eigenvalue weighted by molar-refractivity contribution is 0.402. The van der Waals surface area contributed by atoms with E-state index in [0.29, 0.717) is 6.54 Å². The fourth-order valence-corrected chi connectivity index (χ4v) is 4.80. The Hall–Kier alpha value is -0.130. The van der Waals surface area contributed by atoms with Crippen molar-refractivity contribution in [3.05, 3.63) is 0 Å². The Kier molecular flexibility index (Phi) is 4.44. The number of nitrogens with one attached hydrogen (secondary N) is 1. The Balaban J connectivity index is 2.01. The molecule has 0 aromatic heterocycles. The first-order valence-corrected chi connectivity index (χ1v) is 8.34. The normalized spacial score (nSPS) is 32.5. The summed E-state index contributed by atoms with van der Waals surface area (Å²) in [5.74, 6) is 0.719. The molecule has 2 rings (SSSR count). The molecule has 0 spiro atoms. The summed E-state index contributed by atoms with van der Waals surface area (Å²) in [6, 6.07) is 0. The Morgan fingerprint density at radius 3 is 2.71 bits per heavy atom. The fourth-order valence-electron chi connectivity index (χ4n) is 2.89. The van der Waals surface area contributed by atoms with Gasteiger partial charge in [0.05, 0.1) is 5.25 Å². The molecule has 100 valence electrons. The maximum Gasteiger partial charge on any atom is 0.218 e. The van der Waals surface area contributed by atoms with Crippen LogP contribution in [0.1, 0.15) is 39.0 Å².